The van der Waals surface area contributed by atoms with Crippen LogP contribution in [-0.4, -0.2) is 26.3 Å². The number of rotatable bonds is 3. The second-order valence-corrected chi connectivity index (χ2v) is 6.44. The molecule has 0 bridgehead atoms. The summed E-state index contributed by atoms with van der Waals surface area (Å²) >= 11 is 0. The first-order chi connectivity index (χ1) is 12.7. The molecule has 0 atom stereocenters. The first-order valence-corrected chi connectivity index (χ1v) is 8.62. The topological polar surface area (TPSA) is 44.4 Å². The molecule has 1 aliphatic heterocycles. The highest BCUT2D eigenvalue weighted by molar-refractivity contribution is 5.82. The Morgan fingerprint density at radius 2 is 2.12 bits per heavy atom. The smallest absolute Gasteiger partial charge is 0.137 e. The Kier molecular flexibility index (Phi) is 3.31. The number of halogens is 1. The van der Waals surface area contributed by atoms with E-state index in [-0.39, 0.29) is 5.82 Å². The highest BCUT2D eigenvalue weighted by Crippen LogP contribution is 2.39. The number of aromatic nitrogens is 4. The first-order valence-electron chi connectivity index (χ1n) is 8.62. The Labute approximate surface area is 149 Å². The van der Waals surface area contributed by atoms with E-state index in [1.54, 1.807) is 19.2 Å². The molecule has 3 aromatic heterocycles. The molecule has 4 aromatic rings. The van der Waals surface area contributed by atoms with Crippen LogP contribution in [0.3, 0.4) is 0 Å². The fraction of sp³-hybridized carbons (Fsp3) is 0.200. The van der Waals surface area contributed by atoms with Gasteiger partial charge in [-0.05, 0) is 43.2 Å². The minimum atomic E-state index is -0.312. The zero-order valence-corrected chi connectivity index (χ0v) is 14.3. The van der Waals surface area contributed by atoms with Gasteiger partial charge < -0.3 is 9.14 Å². The Morgan fingerprint density at radius 1 is 1.19 bits per heavy atom. The van der Waals surface area contributed by atoms with E-state index < -0.39 is 0 Å². The van der Waals surface area contributed by atoms with Crippen molar-refractivity contribution in [3.63, 3.8) is 0 Å². The molecule has 1 aliphatic rings. The maximum Gasteiger partial charge on any atom is 0.137 e. The molecule has 0 unspecified atom stereocenters. The summed E-state index contributed by atoms with van der Waals surface area (Å²) in [6.45, 7) is 0.849. The van der Waals surface area contributed by atoms with Crippen molar-refractivity contribution in [1.29, 1.82) is 0 Å². The molecule has 0 saturated carbocycles. The molecular formula is C20H17FN4O. The summed E-state index contributed by atoms with van der Waals surface area (Å²) in [6, 6.07) is 10.6. The van der Waals surface area contributed by atoms with E-state index in [9.17, 15) is 4.39 Å². The lowest BCUT2D eigenvalue weighted by atomic mass is 10.0. The Bertz CT molecular complexity index is 1100. The van der Waals surface area contributed by atoms with Crippen molar-refractivity contribution in [2.45, 2.75) is 19.4 Å². The van der Waals surface area contributed by atoms with Crippen molar-refractivity contribution < 1.29 is 9.13 Å². The molecule has 0 radical (unpaired) electrons. The van der Waals surface area contributed by atoms with Gasteiger partial charge in [-0.25, -0.2) is 9.37 Å². The van der Waals surface area contributed by atoms with Crippen molar-refractivity contribution in [2.75, 3.05) is 7.11 Å². The van der Waals surface area contributed by atoms with Gasteiger partial charge in [0.1, 0.15) is 22.9 Å². The third-order valence-electron chi connectivity index (χ3n) is 4.89. The molecular weight excluding hydrogens is 331 g/mol. The van der Waals surface area contributed by atoms with Crippen molar-refractivity contribution in [3.8, 4) is 28.3 Å². The Hall–Kier alpha value is -3.15. The molecule has 130 valence electrons. The van der Waals surface area contributed by atoms with Gasteiger partial charge in [0, 0.05) is 30.2 Å². The van der Waals surface area contributed by atoms with E-state index in [0.29, 0.717) is 17.0 Å². The molecule has 0 saturated heterocycles. The zero-order chi connectivity index (χ0) is 17.7. The summed E-state index contributed by atoms with van der Waals surface area (Å²) in [4.78, 5) is 4.75. The molecule has 26 heavy (non-hydrogen) atoms. The van der Waals surface area contributed by atoms with Gasteiger partial charge in [0.25, 0.3) is 0 Å². The number of hydrogen-bond donors (Lipinski definition) is 0. The fourth-order valence-electron chi connectivity index (χ4n) is 3.66. The number of hydrogen-bond acceptors (Lipinski definition) is 3. The number of methoxy groups -OCH3 is 1. The summed E-state index contributed by atoms with van der Waals surface area (Å²) in [7, 11) is 1.58. The molecule has 1 aromatic carbocycles. The summed E-state index contributed by atoms with van der Waals surface area (Å²) < 4.78 is 23.9. The van der Waals surface area contributed by atoms with Gasteiger partial charge in [-0.2, -0.15) is 5.10 Å². The molecule has 0 spiro atoms. The molecule has 0 fully saturated rings. The van der Waals surface area contributed by atoms with E-state index >= 15 is 0 Å². The maximum atomic E-state index is 14.6. The van der Waals surface area contributed by atoms with Gasteiger partial charge >= 0.3 is 0 Å². The molecule has 5 rings (SSSR count). The molecule has 4 heterocycles. The van der Waals surface area contributed by atoms with Gasteiger partial charge in [-0.15, -0.1) is 0 Å². The van der Waals surface area contributed by atoms with Crippen molar-refractivity contribution >= 4 is 5.65 Å². The minimum absolute atomic E-state index is 0.312. The second kappa shape index (κ2) is 5.69. The Morgan fingerprint density at radius 3 is 2.96 bits per heavy atom. The molecule has 0 aliphatic carbocycles. The summed E-state index contributed by atoms with van der Waals surface area (Å²) in [5.74, 6) is 0.295. The van der Waals surface area contributed by atoms with E-state index in [4.69, 9.17) is 14.8 Å². The predicted octanol–water partition coefficient (Wildman–Crippen LogP) is 3.96. The highest BCUT2D eigenvalue weighted by Gasteiger charge is 2.27. The number of fused-ring (bicyclic) bond motifs is 2. The standard InChI is InChI=1S/C20H17FN4O/c1-26-13-7-8-15(21)14(11-13)20-19(17-5-4-10-25(17)23-20)16-12-24-9-3-2-6-18(24)22-16/h2-3,6-9,11-12H,4-5,10H2,1H3. The van der Waals surface area contributed by atoms with Crippen molar-refractivity contribution in [3.05, 3.63) is 60.3 Å². The van der Waals surface area contributed by atoms with Crippen LogP contribution < -0.4 is 4.74 Å². The number of ether oxygens (including phenoxy) is 1. The summed E-state index contributed by atoms with van der Waals surface area (Å²) in [5.41, 5.74) is 4.77. The lowest BCUT2D eigenvalue weighted by Gasteiger charge is -2.06. The monoisotopic (exact) mass is 348 g/mol. The van der Waals surface area contributed by atoms with Crippen molar-refractivity contribution in [2.24, 2.45) is 0 Å². The average Bonchev–Trinajstić information content (AvgIpc) is 3.35. The first kappa shape index (κ1) is 15.1. The van der Waals surface area contributed by atoms with Gasteiger partial charge in [0.15, 0.2) is 0 Å². The van der Waals surface area contributed by atoms with Gasteiger partial charge in [0.05, 0.1) is 18.4 Å². The molecule has 5 nitrogen and oxygen atoms in total. The van der Waals surface area contributed by atoms with Crippen LogP contribution >= 0.6 is 0 Å². The van der Waals surface area contributed by atoms with Gasteiger partial charge in [-0.1, -0.05) is 6.07 Å². The van der Waals surface area contributed by atoms with Crippen LogP contribution in [0.5, 0.6) is 5.75 Å². The van der Waals surface area contributed by atoms with Crippen LogP contribution in [-0.2, 0) is 13.0 Å². The number of benzene rings is 1. The quantitative estimate of drug-likeness (QED) is 0.563. The normalized spacial score (nSPS) is 13.3. The van der Waals surface area contributed by atoms with Crippen molar-refractivity contribution in [1.82, 2.24) is 19.2 Å². The lowest BCUT2D eigenvalue weighted by molar-refractivity contribution is 0.414. The number of aryl methyl sites for hydroxylation is 1. The fourth-order valence-corrected chi connectivity index (χ4v) is 3.66. The van der Waals surface area contributed by atoms with Crippen LogP contribution in [0.25, 0.3) is 28.2 Å². The average molecular weight is 348 g/mol. The number of pyridine rings is 1. The SMILES string of the molecule is COc1ccc(F)c(-c2nn3c(c2-c2cn4ccccc4n2)CCC3)c1. The Balaban J connectivity index is 1.77. The molecule has 0 N–H and O–H groups in total. The number of imidazole rings is 1. The van der Waals surface area contributed by atoms with Gasteiger partial charge in [-0.3, -0.25) is 4.68 Å². The van der Waals surface area contributed by atoms with Crippen LogP contribution in [0.15, 0.2) is 48.8 Å². The van der Waals surface area contributed by atoms with E-state index in [2.05, 4.69) is 0 Å². The predicted molar refractivity (Wildman–Crippen MR) is 96.7 cm³/mol. The minimum Gasteiger partial charge on any atom is -0.497 e. The highest BCUT2D eigenvalue weighted by atomic mass is 19.1. The van der Waals surface area contributed by atoms with Crippen LogP contribution in [0.4, 0.5) is 4.39 Å². The molecule has 6 heteroatoms. The van der Waals surface area contributed by atoms with Crippen LogP contribution in [0, 0.1) is 5.82 Å². The van der Waals surface area contributed by atoms with Gasteiger partial charge in [0.2, 0.25) is 0 Å². The second-order valence-electron chi connectivity index (χ2n) is 6.44. The lowest BCUT2D eigenvalue weighted by Crippen LogP contribution is -1.95. The zero-order valence-electron chi connectivity index (χ0n) is 14.3. The maximum absolute atomic E-state index is 14.6. The van der Waals surface area contributed by atoms with Crippen LogP contribution in [0.1, 0.15) is 12.1 Å². The summed E-state index contributed by atoms with van der Waals surface area (Å²) in [6.07, 6.45) is 5.90. The van der Waals surface area contributed by atoms with Crippen LogP contribution in [0.2, 0.25) is 0 Å². The summed E-state index contributed by atoms with van der Waals surface area (Å²) in [5, 5.41) is 4.72. The number of nitrogens with zero attached hydrogens (tertiary/aromatic N) is 4. The third-order valence-corrected chi connectivity index (χ3v) is 4.89. The molecule has 0 amide bonds. The van der Waals surface area contributed by atoms with E-state index in [0.717, 1.165) is 42.0 Å². The van der Waals surface area contributed by atoms with E-state index in [1.165, 1.54) is 6.07 Å². The third kappa shape index (κ3) is 2.22. The largest absolute Gasteiger partial charge is 0.497 e. The van der Waals surface area contributed by atoms with E-state index in [1.807, 2.05) is 39.7 Å².